The topological polar surface area (TPSA) is 88.8 Å². The Hall–Kier alpha value is -1.20. The molecule has 6 heteroatoms. The lowest BCUT2D eigenvalue weighted by Crippen LogP contribution is -1.65. The summed E-state index contributed by atoms with van der Waals surface area (Å²) in [6.07, 6.45) is 3.31. The van der Waals surface area contributed by atoms with Crippen LogP contribution in [0.2, 0.25) is 10.3 Å². The summed E-state index contributed by atoms with van der Waals surface area (Å²) in [5.74, 6) is 0. The van der Waals surface area contributed by atoms with Gasteiger partial charge in [-0.05, 0) is 24.3 Å². The molecule has 2 aromatic heterocycles. The highest BCUT2D eigenvalue weighted by molar-refractivity contribution is 6.29. The van der Waals surface area contributed by atoms with Gasteiger partial charge in [-0.15, -0.1) is 0 Å². The fraction of sp³-hybridized carbons (Fsp3) is 0. The molecule has 2 aromatic rings. The Morgan fingerprint density at radius 1 is 0.688 bits per heavy atom. The molecular weight excluding hydrogens is 251 g/mol. The average molecular weight is 263 g/mol. The number of hydrogen-bond acceptors (Lipinski definition) is 2. The van der Waals surface area contributed by atoms with E-state index in [4.69, 9.17) is 23.2 Å². The van der Waals surface area contributed by atoms with Crippen molar-refractivity contribution in [1.29, 1.82) is 0 Å². The third-order valence-corrected chi connectivity index (χ3v) is 1.70. The number of hydrogen-bond donors (Lipinski definition) is 0. The van der Waals surface area contributed by atoms with Crippen LogP contribution in [-0.4, -0.2) is 20.9 Å². The molecule has 0 atom stereocenters. The first kappa shape index (κ1) is 17.2. The molecule has 0 saturated heterocycles. The Kier molecular flexibility index (Phi) is 11.1. The monoisotopic (exact) mass is 262 g/mol. The van der Waals surface area contributed by atoms with Gasteiger partial charge in [-0.2, -0.15) is 0 Å². The Bertz CT molecular complexity index is 322. The zero-order chi connectivity index (χ0) is 10.2. The number of pyridine rings is 2. The molecule has 0 aliphatic carbocycles. The maximum absolute atomic E-state index is 5.43. The summed E-state index contributed by atoms with van der Waals surface area (Å²) in [6, 6.07) is 10.8. The second-order valence-electron chi connectivity index (χ2n) is 2.30. The molecule has 2 rings (SSSR count). The van der Waals surface area contributed by atoms with Gasteiger partial charge in [0.1, 0.15) is 10.3 Å². The average Bonchev–Trinajstić information content (AvgIpc) is 2.21. The lowest BCUT2D eigenvalue weighted by molar-refractivity contribution is 0.823. The van der Waals surface area contributed by atoms with Gasteiger partial charge in [0.2, 0.25) is 0 Å². The van der Waals surface area contributed by atoms with Crippen molar-refractivity contribution in [2.24, 2.45) is 0 Å². The van der Waals surface area contributed by atoms with E-state index in [2.05, 4.69) is 9.97 Å². The van der Waals surface area contributed by atoms with E-state index in [1.165, 1.54) is 0 Å². The highest BCUT2D eigenvalue weighted by Gasteiger charge is 1.77. The van der Waals surface area contributed by atoms with Gasteiger partial charge in [0.15, 0.2) is 0 Å². The minimum atomic E-state index is 0. The van der Waals surface area contributed by atoms with Gasteiger partial charge in [0.25, 0.3) is 0 Å². The normalized spacial score (nSPS) is 7.62. The molecule has 0 aromatic carbocycles. The van der Waals surface area contributed by atoms with Crippen LogP contribution < -0.4 is 0 Å². The Labute approximate surface area is 104 Å². The van der Waals surface area contributed by atoms with E-state index in [0.29, 0.717) is 10.3 Å². The maximum atomic E-state index is 5.43. The fourth-order valence-corrected chi connectivity index (χ4v) is 0.942. The zero-order valence-electron chi connectivity index (χ0n) is 8.27. The van der Waals surface area contributed by atoms with Crippen molar-refractivity contribution in [2.75, 3.05) is 0 Å². The largest absolute Gasteiger partial charge is 0.412 e. The van der Waals surface area contributed by atoms with Crippen molar-refractivity contribution >= 4 is 23.2 Å². The Balaban J connectivity index is 0. The standard InChI is InChI=1S/2C5H4ClN.2H2O/c2*6-5-3-1-2-4-7-5;;/h2*1-4H;2*1H2. The molecule has 0 radical (unpaired) electrons. The Morgan fingerprint density at radius 3 is 1.19 bits per heavy atom. The summed E-state index contributed by atoms with van der Waals surface area (Å²) in [5.41, 5.74) is 0. The molecule has 16 heavy (non-hydrogen) atoms. The van der Waals surface area contributed by atoms with Gasteiger partial charge in [0.05, 0.1) is 0 Å². The zero-order valence-corrected chi connectivity index (χ0v) is 9.78. The summed E-state index contributed by atoms with van der Waals surface area (Å²) < 4.78 is 0. The van der Waals surface area contributed by atoms with Crippen LogP contribution in [-0.2, 0) is 0 Å². The van der Waals surface area contributed by atoms with Crippen LogP contribution in [0.3, 0.4) is 0 Å². The molecule has 0 saturated carbocycles. The second-order valence-corrected chi connectivity index (χ2v) is 3.08. The molecule has 4 nitrogen and oxygen atoms in total. The van der Waals surface area contributed by atoms with Crippen molar-refractivity contribution < 1.29 is 11.0 Å². The summed E-state index contributed by atoms with van der Waals surface area (Å²) >= 11 is 10.9. The van der Waals surface area contributed by atoms with Crippen LogP contribution in [0.4, 0.5) is 0 Å². The van der Waals surface area contributed by atoms with Crippen LogP contribution >= 0.6 is 23.2 Å². The molecular formula is C10H12Cl2N2O2. The molecule has 0 aliphatic heterocycles. The van der Waals surface area contributed by atoms with Crippen molar-refractivity contribution in [3.05, 3.63) is 59.1 Å². The molecule has 0 bridgehead atoms. The smallest absolute Gasteiger partial charge is 0.129 e. The van der Waals surface area contributed by atoms with E-state index < -0.39 is 0 Å². The highest BCUT2D eigenvalue weighted by Crippen LogP contribution is 1.98. The van der Waals surface area contributed by atoms with Gasteiger partial charge in [-0.25, -0.2) is 9.97 Å². The van der Waals surface area contributed by atoms with Gasteiger partial charge in [-0.3, -0.25) is 0 Å². The van der Waals surface area contributed by atoms with Crippen LogP contribution in [0, 0.1) is 0 Å². The molecule has 0 spiro atoms. The quantitative estimate of drug-likeness (QED) is 0.678. The lowest BCUT2D eigenvalue weighted by Gasteiger charge is -1.79. The summed E-state index contributed by atoms with van der Waals surface area (Å²) in [5, 5.41) is 1.09. The molecule has 0 amide bonds. The van der Waals surface area contributed by atoms with E-state index in [9.17, 15) is 0 Å². The summed E-state index contributed by atoms with van der Waals surface area (Å²) in [7, 11) is 0. The lowest BCUT2D eigenvalue weighted by atomic mass is 10.5. The number of halogens is 2. The van der Waals surface area contributed by atoms with Crippen LogP contribution in [0.15, 0.2) is 48.8 Å². The number of rotatable bonds is 0. The first-order valence-electron chi connectivity index (χ1n) is 3.92. The van der Waals surface area contributed by atoms with E-state index in [0.717, 1.165) is 0 Å². The summed E-state index contributed by atoms with van der Waals surface area (Å²) in [4.78, 5) is 7.49. The minimum absolute atomic E-state index is 0. The van der Waals surface area contributed by atoms with E-state index in [1.54, 1.807) is 24.5 Å². The number of aromatic nitrogens is 2. The van der Waals surface area contributed by atoms with Crippen molar-refractivity contribution in [3.63, 3.8) is 0 Å². The number of nitrogens with zero attached hydrogens (tertiary/aromatic N) is 2. The third-order valence-electron chi connectivity index (χ3n) is 1.26. The SMILES string of the molecule is Clc1ccccn1.Clc1ccccn1.O.O. The fourth-order valence-electron chi connectivity index (χ4n) is 0.684. The first-order chi connectivity index (χ1) is 6.79. The molecule has 0 aliphatic rings. The highest BCUT2D eigenvalue weighted by atomic mass is 35.5. The summed E-state index contributed by atoms with van der Waals surface area (Å²) in [6.45, 7) is 0. The van der Waals surface area contributed by atoms with E-state index in [1.807, 2.05) is 24.3 Å². The minimum Gasteiger partial charge on any atom is -0.412 e. The molecule has 88 valence electrons. The predicted molar refractivity (Wildman–Crippen MR) is 65.7 cm³/mol. The van der Waals surface area contributed by atoms with Crippen LogP contribution in [0.5, 0.6) is 0 Å². The third kappa shape index (κ3) is 8.14. The van der Waals surface area contributed by atoms with Gasteiger partial charge in [-0.1, -0.05) is 35.3 Å². The van der Waals surface area contributed by atoms with Crippen molar-refractivity contribution in [1.82, 2.24) is 9.97 Å². The van der Waals surface area contributed by atoms with Gasteiger partial charge >= 0.3 is 0 Å². The second kappa shape index (κ2) is 10.3. The Morgan fingerprint density at radius 2 is 1.06 bits per heavy atom. The van der Waals surface area contributed by atoms with Gasteiger partial charge in [0, 0.05) is 12.4 Å². The van der Waals surface area contributed by atoms with Crippen molar-refractivity contribution in [2.45, 2.75) is 0 Å². The van der Waals surface area contributed by atoms with Gasteiger partial charge < -0.3 is 11.0 Å². The first-order valence-corrected chi connectivity index (χ1v) is 4.67. The predicted octanol–water partition coefficient (Wildman–Crippen LogP) is 1.82. The molecule has 0 unspecified atom stereocenters. The van der Waals surface area contributed by atoms with E-state index >= 15 is 0 Å². The molecule has 2 heterocycles. The molecule has 4 N–H and O–H groups in total. The van der Waals surface area contributed by atoms with Crippen molar-refractivity contribution in [3.8, 4) is 0 Å². The van der Waals surface area contributed by atoms with Crippen LogP contribution in [0.25, 0.3) is 0 Å². The molecule has 0 fully saturated rings. The van der Waals surface area contributed by atoms with Crippen LogP contribution in [0.1, 0.15) is 0 Å². The van der Waals surface area contributed by atoms with E-state index in [-0.39, 0.29) is 11.0 Å². The maximum Gasteiger partial charge on any atom is 0.129 e.